The van der Waals surface area contributed by atoms with Crippen molar-refractivity contribution >= 4 is 18.3 Å². The van der Waals surface area contributed by atoms with Crippen LogP contribution in [0.2, 0.25) is 0 Å². The summed E-state index contributed by atoms with van der Waals surface area (Å²) in [5.74, 6) is 0.209. The van der Waals surface area contributed by atoms with Crippen molar-refractivity contribution < 1.29 is 19.1 Å². The monoisotopic (exact) mass is 407 g/mol. The molecule has 2 aliphatic rings. The number of benzene rings is 1. The fourth-order valence-electron chi connectivity index (χ4n) is 4.13. The van der Waals surface area contributed by atoms with Crippen LogP contribution in [0.1, 0.15) is 53.7 Å². The van der Waals surface area contributed by atoms with Crippen molar-refractivity contribution in [2.24, 2.45) is 5.73 Å². The van der Waals surface area contributed by atoms with Gasteiger partial charge in [-0.1, -0.05) is 30.3 Å². The minimum atomic E-state index is -0.395. The Kier molecular flexibility index (Phi) is 6.40. The Morgan fingerprint density at radius 1 is 1.29 bits per heavy atom. The summed E-state index contributed by atoms with van der Waals surface area (Å²) in [6, 6.07) is 10.0. The third kappa shape index (κ3) is 4.22. The molecule has 0 saturated carbocycles. The lowest BCUT2D eigenvalue weighted by Gasteiger charge is -2.48. The van der Waals surface area contributed by atoms with E-state index in [1.165, 1.54) is 6.26 Å². The number of nitrogens with zero attached hydrogens (tertiary/aromatic N) is 2. The Hall–Kier alpha value is -1.93. The SMILES string of the molecule is Cl.NCc1nc(C(=O)N2CCC3(CC2)C[C@H](O)C[C@H](c2ccccc2)O3)co1. The van der Waals surface area contributed by atoms with E-state index in [2.05, 4.69) is 4.98 Å². The minimum absolute atomic E-state index is 0. The number of carbonyl (C=O) groups excluding carboxylic acids is 1. The molecular formula is C20H26ClN3O4. The smallest absolute Gasteiger partial charge is 0.275 e. The second-order valence-corrected chi connectivity index (χ2v) is 7.42. The molecule has 2 aromatic rings. The summed E-state index contributed by atoms with van der Waals surface area (Å²) in [7, 11) is 0. The quantitative estimate of drug-likeness (QED) is 0.810. The summed E-state index contributed by atoms with van der Waals surface area (Å²) < 4.78 is 11.6. The van der Waals surface area contributed by atoms with E-state index >= 15 is 0 Å². The van der Waals surface area contributed by atoms with Crippen molar-refractivity contribution in [2.75, 3.05) is 13.1 Å². The molecule has 1 spiro atoms. The highest BCUT2D eigenvalue weighted by atomic mass is 35.5. The van der Waals surface area contributed by atoms with E-state index in [-0.39, 0.29) is 42.3 Å². The van der Waals surface area contributed by atoms with Crippen LogP contribution in [0.15, 0.2) is 41.0 Å². The van der Waals surface area contributed by atoms with Crippen molar-refractivity contribution in [1.29, 1.82) is 0 Å². The highest BCUT2D eigenvalue weighted by Crippen LogP contribution is 2.43. The number of hydrogen-bond acceptors (Lipinski definition) is 6. The highest BCUT2D eigenvalue weighted by molar-refractivity contribution is 5.92. The molecule has 3 N–H and O–H groups in total. The van der Waals surface area contributed by atoms with Gasteiger partial charge in [-0.2, -0.15) is 0 Å². The fraction of sp³-hybridized carbons (Fsp3) is 0.500. The van der Waals surface area contributed by atoms with Crippen LogP contribution in [0.4, 0.5) is 0 Å². The molecular weight excluding hydrogens is 382 g/mol. The van der Waals surface area contributed by atoms with Crippen LogP contribution in [0.3, 0.4) is 0 Å². The van der Waals surface area contributed by atoms with Gasteiger partial charge in [-0.05, 0) is 18.4 Å². The van der Waals surface area contributed by atoms with Crippen molar-refractivity contribution in [2.45, 2.75) is 50.0 Å². The van der Waals surface area contributed by atoms with Crippen LogP contribution >= 0.6 is 12.4 Å². The van der Waals surface area contributed by atoms with E-state index in [0.717, 1.165) is 5.56 Å². The lowest BCUT2D eigenvalue weighted by Crippen LogP contribution is -2.52. The molecule has 1 aromatic heterocycles. The number of piperidine rings is 1. The minimum Gasteiger partial charge on any atom is -0.447 e. The van der Waals surface area contributed by atoms with Crippen LogP contribution in [0, 0.1) is 0 Å². The van der Waals surface area contributed by atoms with E-state index in [0.29, 0.717) is 44.7 Å². The Labute approximate surface area is 170 Å². The second-order valence-electron chi connectivity index (χ2n) is 7.42. The van der Waals surface area contributed by atoms with Gasteiger partial charge in [-0.25, -0.2) is 4.98 Å². The number of halogens is 1. The molecule has 7 nitrogen and oxygen atoms in total. The Morgan fingerprint density at radius 3 is 2.64 bits per heavy atom. The molecule has 0 aliphatic carbocycles. The summed E-state index contributed by atoms with van der Waals surface area (Å²) in [4.78, 5) is 18.5. The number of aromatic nitrogens is 1. The lowest BCUT2D eigenvalue weighted by molar-refractivity contribution is -0.181. The van der Waals surface area contributed by atoms with Crippen molar-refractivity contribution in [3.63, 3.8) is 0 Å². The number of ether oxygens (including phenoxy) is 1. The van der Waals surface area contributed by atoms with Gasteiger partial charge in [0.05, 0.1) is 24.4 Å². The molecule has 0 radical (unpaired) electrons. The number of nitrogens with two attached hydrogens (primary N) is 1. The molecule has 28 heavy (non-hydrogen) atoms. The molecule has 2 aliphatic heterocycles. The number of rotatable bonds is 3. The standard InChI is InChI=1S/C20H25N3O4.ClH/c21-12-18-22-16(13-26-18)19(25)23-8-6-20(7-9-23)11-15(24)10-17(27-20)14-4-2-1-3-5-14;/h1-5,13,15,17,24H,6-12,21H2;1H/t15-,17-;/m1./s1. The molecule has 2 atom stereocenters. The maximum atomic E-state index is 12.6. The van der Waals surface area contributed by atoms with Gasteiger partial charge in [0.25, 0.3) is 5.91 Å². The summed E-state index contributed by atoms with van der Waals surface area (Å²) in [6.07, 6.45) is 3.46. The summed E-state index contributed by atoms with van der Waals surface area (Å²) in [5, 5.41) is 10.4. The van der Waals surface area contributed by atoms with Crippen molar-refractivity contribution in [3.05, 3.63) is 53.7 Å². The first-order valence-corrected chi connectivity index (χ1v) is 9.43. The van der Waals surface area contributed by atoms with Crippen LogP contribution in [0.25, 0.3) is 0 Å². The number of aliphatic hydroxyl groups excluding tert-OH is 1. The van der Waals surface area contributed by atoms with Crippen LogP contribution in [-0.4, -0.2) is 45.7 Å². The summed E-state index contributed by atoms with van der Waals surface area (Å²) in [5.41, 5.74) is 6.48. The average Bonchev–Trinajstić information content (AvgIpc) is 3.17. The van der Waals surface area contributed by atoms with Gasteiger partial charge < -0.3 is 24.9 Å². The van der Waals surface area contributed by atoms with Gasteiger partial charge >= 0.3 is 0 Å². The fourth-order valence-corrected chi connectivity index (χ4v) is 4.13. The predicted octanol–water partition coefficient (Wildman–Crippen LogP) is 2.44. The topological polar surface area (TPSA) is 102 Å². The first-order valence-electron chi connectivity index (χ1n) is 9.43. The van der Waals surface area contributed by atoms with E-state index in [1.54, 1.807) is 4.90 Å². The normalized spacial score (nSPS) is 24.0. The molecule has 1 amide bonds. The van der Waals surface area contributed by atoms with Gasteiger partial charge in [0.2, 0.25) is 5.89 Å². The number of likely N-dealkylation sites (tertiary alicyclic amines) is 1. The predicted molar refractivity (Wildman–Crippen MR) is 105 cm³/mol. The average molecular weight is 408 g/mol. The zero-order valence-corrected chi connectivity index (χ0v) is 16.4. The molecule has 1 aromatic carbocycles. The third-order valence-electron chi connectivity index (χ3n) is 5.56. The van der Waals surface area contributed by atoms with E-state index in [4.69, 9.17) is 14.9 Å². The van der Waals surface area contributed by atoms with Gasteiger partial charge in [0, 0.05) is 25.9 Å². The Bertz CT molecular complexity index is 790. The Morgan fingerprint density at radius 2 is 2.00 bits per heavy atom. The van der Waals surface area contributed by atoms with Crippen LogP contribution in [-0.2, 0) is 11.3 Å². The summed E-state index contributed by atoms with van der Waals surface area (Å²) >= 11 is 0. The summed E-state index contributed by atoms with van der Waals surface area (Å²) in [6.45, 7) is 1.30. The number of carbonyl (C=O) groups is 1. The van der Waals surface area contributed by atoms with Gasteiger partial charge in [-0.3, -0.25) is 4.79 Å². The van der Waals surface area contributed by atoms with Gasteiger partial charge in [0.1, 0.15) is 6.26 Å². The third-order valence-corrected chi connectivity index (χ3v) is 5.56. The van der Waals surface area contributed by atoms with Gasteiger partial charge in [0.15, 0.2) is 5.69 Å². The maximum Gasteiger partial charge on any atom is 0.275 e. The number of oxazole rings is 1. The van der Waals surface area contributed by atoms with E-state index in [9.17, 15) is 9.90 Å². The van der Waals surface area contributed by atoms with Gasteiger partial charge in [-0.15, -0.1) is 12.4 Å². The van der Waals surface area contributed by atoms with Crippen molar-refractivity contribution in [1.82, 2.24) is 9.88 Å². The number of amides is 1. The highest BCUT2D eigenvalue weighted by Gasteiger charge is 2.44. The number of hydrogen-bond donors (Lipinski definition) is 2. The van der Waals surface area contributed by atoms with Crippen LogP contribution in [0.5, 0.6) is 0 Å². The van der Waals surface area contributed by atoms with Crippen LogP contribution < -0.4 is 5.73 Å². The maximum absolute atomic E-state index is 12.6. The first kappa shape index (κ1) is 20.8. The first-order chi connectivity index (χ1) is 13.1. The zero-order chi connectivity index (χ0) is 18.9. The molecule has 0 bridgehead atoms. The van der Waals surface area contributed by atoms with Crippen molar-refractivity contribution in [3.8, 4) is 0 Å². The molecule has 0 unspecified atom stereocenters. The molecule has 3 heterocycles. The molecule has 8 heteroatoms. The Balaban J connectivity index is 0.00000225. The van der Waals surface area contributed by atoms with E-state index in [1.807, 2.05) is 30.3 Å². The number of aliphatic hydroxyl groups is 1. The molecule has 2 saturated heterocycles. The lowest BCUT2D eigenvalue weighted by atomic mass is 9.81. The van der Waals surface area contributed by atoms with E-state index < -0.39 is 6.10 Å². The zero-order valence-electron chi connectivity index (χ0n) is 15.6. The second kappa shape index (κ2) is 8.61. The molecule has 152 valence electrons. The molecule has 4 rings (SSSR count). The largest absolute Gasteiger partial charge is 0.447 e. The molecule has 2 fully saturated rings.